The first-order valence-corrected chi connectivity index (χ1v) is 2.12. The van der Waals surface area contributed by atoms with Crippen LogP contribution in [-0.2, 0) is 0 Å². The van der Waals surface area contributed by atoms with Gasteiger partial charge in [-0.1, -0.05) is 0 Å². The highest BCUT2D eigenvalue weighted by Gasteiger charge is 0.901. The molecular weight excluding hydrogens is 90.2 g/mol. The van der Waals surface area contributed by atoms with Gasteiger partial charge in [0.15, 0.2) is 0 Å². The fraction of sp³-hybridized carbons (Fsp3) is 1.00. The molecule has 0 radical (unpaired) electrons. The summed E-state index contributed by atoms with van der Waals surface area (Å²) >= 11 is 6.56. The van der Waals surface area contributed by atoms with Crippen molar-refractivity contribution in [2.75, 3.05) is 6.26 Å². The molecular formula is CH7NS2. The highest BCUT2D eigenvalue weighted by Crippen LogP contribution is 1.31. The van der Waals surface area contributed by atoms with E-state index < -0.39 is 0 Å². The van der Waals surface area contributed by atoms with Crippen molar-refractivity contribution in [3.8, 4) is 0 Å². The maximum Gasteiger partial charge on any atom is -0.0215 e. The summed E-state index contributed by atoms with van der Waals surface area (Å²) in [4.78, 5) is 0. The van der Waals surface area contributed by atoms with E-state index in [9.17, 15) is 0 Å². The summed E-state index contributed by atoms with van der Waals surface area (Å²) < 4.78 is 0. The second-order valence-electron chi connectivity index (χ2n) is 0. The molecule has 0 aliphatic carbocycles. The molecule has 0 aliphatic rings. The summed E-state index contributed by atoms with van der Waals surface area (Å²) in [5.41, 5.74) is 0. The van der Waals surface area contributed by atoms with E-state index in [-0.39, 0.29) is 0 Å². The second-order valence-corrected chi connectivity index (χ2v) is 0. The molecule has 0 bridgehead atoms. The minimum absolute atomic E-state index is 1.69. The van der Waals surface area contributed by atoms with Crippen LogP contribution in [0.2, 0.25) is 0 Å². The van der Waals surface area contributed by atoms with Gasteiger partial charge in [0.2, 0.25) is 0 Å². The average Bonchev–Trinajstić information content (AvgIpc) is 1.50. The van der Waals surface area contributed by atoms with E-state index >= 15 is 0 Å². The second kappa shape index (κ2) is 59.5. The Hall–Kier alpha value is 0.660. The maximum absolute atomic E-state index is 4.19. The Labute approximate surface area is 37.5 Å². The Bertz CT molecular complexity index is 6.00. The summed E-state index contributed by atoms with van der Waals surface area (Å²) in [6.45, 7) is 0. The molecule has 0 aromatic carbocycles. The van der Waals surface area contributed by atoms with Crippen molar-refractivity contribution in [2.45, 2.75) is 0 Å². The highest BCUT2D eigenvalue weighted by atomic mass is 32.1. The molecule has 0 aliphatic heterocycles. The number of thiol groups is 2. The molecule has 0 atom stereocenters. The lowest BCUT2D eigenvalue weighted by molar-refractivity contribution is 2.08. The number of hydrogen-bond donors (Lipinski definition) is 3. The van der Waals surface area contributed by atoms with Gasteiger partial charge in [-0.05, 0) is 6.26 Å². The third-order valence-electron chi connectivity index (χ3n) is 0. The zero-order valence-electron chi connectivity index (χ0n) is 2.47. The van der Waals surface area contributed by atoms with Crippen LogP contribution in [0.3, 0.4) is 0 Å². The summed E-state index contributed by atoms with van der Waals surface area (Å²) in [5, 5.41) is 4.19. The van der Waals surface area contributed by atoms with Crippen molar-refractivity contribution in [1.82, 2.24) is 0 Å². The van der Waals surface area contributed by atoms with Gasteiger partial charge in [-0.3, -0.25) is 5.14 Å². The Balaban J connectivity index is 0. The monoisotopic (exact) mass is 97.0 g/mol. The summed E-state index contributed by atoms with van der Waals surface area (Å²) in [7, 11) is 0. The Kier molecular flexibility index (Phi) is 131. The Morgan fingerprint density at radius 1 is 1.25 bits per heavy atom. The largest absolute Gasteiger partial charge is 0.281 e. The third-order valence-corrected chi connectivity index (χ3v) is 0. The molecule has 2 N–H and O–H groups in total. The van der Waals surface area contributed by atoms with Gasteiger partial charge in [0.05, 0.1) is 0 Å². The van der Waals surface area contributed by atoms with Crippen LogP contribution in [0.5, 0.6) is 0 Å². The van der Waals surface area contributed by atoms with E-state index in [4.69, 9.17) is 0 Å². The highest BCUT2D eigenvalue weighted by molar-refractivity contribution is 7.79. The first kappa shape index (κ1) is 8.82. The minimum Gasteiger partial charge on any atom is -0.281 e. The van der Waals surface area contributed by atoms with Gasteiger partial charge in [-0.2, -0.15) is 12.6 Å². The molecule has 0 rings (SSSR count). The minimum atomic E-state index is 1.69. The number of rotatable bonds is 0. The number of hydrogen-bond acceptors (Lipinski definition) is 3. The first-order chi connectivity index (χ1) is 2.00. The molecule has 4 heavy (non-hydrogen) atoms. The quantitative estimate of drug-likeness (QED) is 0.373. The molecule has 1 nitrogen and oxygen atoms in total. The van der Waals surface area contributed by atoms with Gasteiger partial charge in [-0.25, -0.2) is 0 Å². The molecule has 0 amide bonds. The lowest BCUT2D eigenvalue weighted by Gasteiger charge is -1.20. The summed E-state index contributed by atoms with van der Waals surface area (Å²) in [6.07, 6.45) is 1.69. The average molecular weight is 97.2 g/mol. The van der Waals surface area contributed by atoms with Crippen molar-refractivity contribution in [3.05, 3.63) is 0 Å². The van der Waals surface area contributed by atoms with E-state index in [1.54, 1.807) is 6.26 Å². The van der Waals surface area contributed by atoms with Gasteiger partial charge < -0.3 is 0 Å². The molecule has 0 unspecified atom stereocenters. The Morgan fingerprint density at radius 2 is 1.25 bits per heavy atom. The maximum atomic E-state index is 4.19. The first-order valence-electron chi connectivity index (χ1n) is 0.705. The van der Waals surface area contributed by atoms with Crippen molar-refractivity contribution in [3.63, 3.8) is 0 Å². The molecule has 0 fully saturated rings. The van der Waals surface area contributed by atoms with Crippen LogP contribution in [0.1, 0.15) is 0 Å². The van der Waals surface area contributed by atoms with E-state index in [2.05, 4.69) is 30.6 Å². The smallest absolute Gasteiger partial charge is 0.0215 e. The van der Waals surface area contributed by atoms with E-state index in [0.717, 1.165) is 0 Å². The zero-order valence-corrected chi connectivity index (χ0v) is 4.26. The van der Waals surface area contributed by atoms with Crippen LogP contribution in [-0.4, -0.2) is 6.26 Å². The SMILES string of the molecule is CS.NS. The van der Waals surface area contributed by atoms with Gasteiger partial charge in [-0.15, -0.1) is 12.8 Å². The van der Waals surface area contributed by atoms with Gasteiger partial charge in [0.1, 0.15) is 0 Å². The van der Waals surface area contributed by atoms with Gasteiger partial charge in [0, 0.05) is 0 Å². The normalized spacial score (nSPS) is 3.00. The molecule has 0 saturated carbocycles. The predicted octanol–water partition coefficient (Wildman–Crippen LogP) is 0.336. The van der Waals surface area contributed by atoms with Gasteiger partial charge in [0.25, 0.3) is 0 Å². The number of nitrogens with two attached hydrogens (primary N) is 1. The van der Waals surface area contributed by atoms with Crippen LogP contribution < -0.4 is 5.14 Å². The summed E-state index contributed by atoms with van der Waals surface area (Å²) in [5.74, 6) is 0. The van der Waals surface area contributed by atoms with Crippen LogP contribution in [0.25, 0.3) is 0 Å². The molecule has 3 heteroatoms. The predicted molar refractivity (Wildman–Crippen MR) is 28.1 cm³/mol. The van der Waals surface area contributed by atoms with Crippen molar-refractivity contribution >= 4 is 25.4 Å². The standard InChI is InChI=1S/CH4S.H3NS/c2*1-2/h2H,1H3;2H,1H2. The van der Waals surface area contributed by atoms with Crippen molar-refractivity contribution < 1.29 is 0 Å². The van der Waals surface area contributed by atoms with Crippen molar-refractivity contribution in [1.29, 1.82) is 0 Å². The van der Waals surface area contributed by atoms with Crippen molar-refractivity contribution in [2.24, 2.45) is 5.14 Å². The molecule has 0 saturated heterocycles. The lowest BCUT2D eigenvalue weighted by Crippen LogP contribution is -1.49. The van der Waals surface area contributed by atoms with Crippen LogP contribution >= 0.6 is 25.4 Å². The fourth-order valence-corrected chi connectivity index (χ4v) is 0. The lowest BCUT2D eigenvalue weighted by atomic mass is 12.0. The van der Waals surface area contributed by atoms with Crippen LogP contribution in [0, 0.1) is 0 Å². The topological polar surface area (TPSA) is 26.0 Å². The third kappa shape index (κ3) is 16.8. The molecule has 0 aromatic rings. The molecule has 0 spiro atoms. The van der Waals surface area contributed by atoms with Gasteiger partial charge >= 0.3 is 0 Å². The van der Waals surface area contributed by atoms with Crippen LogP contribution in [0.15, 0.2) is 0 Å². The molecule has 0 heterocycles. The summed E-state index contributed by atoms with van der Waals surface area (Å²) in [6, 6.07) is 0. The molecule has 0 aromatic heterocycles. The molecule has 28 valence electrons. The van der Waals surface area contributed by atoms with E-state index in [0.29, 0.717) is 0 Å². The Morgan fingerprint density at radius 3 is 1.25 bits per heavy atom. The van der Waals surface area contributed by atoms with E-state index in [1.165, 1.54) is 0 Å². The van der Waals surface area contributed by atoms with E-state index in [1.807, 2.05) is 0 Å². The van der Waals surface area contributed by atoms with Crippen LogP contribution in [0.4, 0.5) is 0 Å². The fourth-order valence-electron chi connectivity index (χ4n) is 0. The zero-order chi connectivity index (χ0) is 4.00.